The minimum atomic E-state index is -0.765. The van der Waals surface area contributed by atoms with Crippen molar-refractivity contribution in [3.63, 3.8) is 0 Å². The molecule has 0 saturated carbocycles. The number of hydrogen-bond donors (Lipinski definition) is 0. The third-order valence-electron chi connectivity index (χ3n) is 3.87. The number of nitrogens with zero attached hydrogens (tertiary/aromatic N) is 4. The van der Waals surface area contributed by atoms with Crippen LogP contribution >= 0.6 is 11.6 Å². The second-order valence-corrected chi connectivity index (χ2v) is 9.39. The second kappa shape index (κ2) is 8.70. The summed E-state index contributed by atoms with van der Waals surface area (Å²) >= 11 is 6.39. The van der Waals surface area contributed by atoms with Crippen LogP contribution in [-0.4, -0.2) is 42.8 Å². The zero-order valence-electron chi connectivity index (χ0n) is 18.8. The average molecular weight is 457 g/mol. The third-order valence-corrected chi connectivity index (χ3v) is 4.14. The van der Waals surface area contributed by atoms with Gasteiger partial charge in [-0.25, -0.2) is 29.1 Å². The van der Waals surface area contributed by atoms with E-state index in [0.29, 0.717) is 5.82 Å². The molecule has 9 heteroatoms. The van der Waals surface area contributed by atoms with Crippen LogP contribution < -0.4 is 0 Å². The van der Waals surface area contributed by atoms with Crippen molar-refractivity contribution in [2.24, 2.45) is 0 Å². The number of ether oxygens (including phenoxy) is 2. The maximum atomic E-state index is 13.0. The molecule has 3 rings (SSSR count). The Morgan fingerprint density at radius 1 is 0.938 bits per heavy atom. The molecule has 32 heavy (non-hydrogen) atoms. The fourth-order valence-electron chi connectivity index (χ4n) is 2.74. The molecule has 0 unspecified atom stereocenters. The van der Waals surface area contributed by atoms with E-state index in [2.05, 4.69) is 15.0 Å². The molecule has 0 bridgehead atoms. The third kappa shape index (κ3) is 5.70. The Labute approximate surface area is 191 Å². The molecular weight excluding hydrogens is 432 g/mol. The van der Waals surface area contributed by atoms with Crippen molar-refractivity contribution in [1.29, 1.82) is 0 Å². The molecule has 3 aromatic rings. The molecular formula is C23H25ClN4O4. The molecule has 168 valence electrons. The highest BCUT2D eigenvalue weighted by Gasteiger charge is 2.25. The first-order chi connectivity index (χ1) is 14.8. The first-order valence-electron chi connectivity index (χ1n) is 10.00. The molecule has 0 amide bonds. The number of esters is 1. The predicted octanol–water partition coefficient (Wildman–Crippen LogP) is 5.28. The van der Waals surface area contributed by atoms with Gasteiger partial charge in [0.25, 0.3) is 0 Å². The van der Waals surface area contributed by atoms with E-state index in [9.17, 15) is 9.59 Å². The maximum Gasteiger partial charge on any atom is 0.422 e. The van der Waals surface area contributed by atoms with Crippen LogP contribution in [-0.2, 0) is 14.3 Å². The lowest BCUT2D eigenvalue weighted by molar-refractivity contribution is -0.148. The zero-order valence-corrected chi connectivity index (χ0v) is 19.6. The average Bonchev–Trinajstić information content (AvgIpc) is 3.03. The first-order valence-corrected chi connectivity index (χ1v) is 10.4. The standard InChI is InChI=1S/C23H25ClN4O4/c1-22(2,3)31-16(29)13-12-15-25-17-18(24)26-19(14-10-8-7-9-11-14)27-20(17)28(15)21(30)32-23(4,5)6/h7-13H,1-6H3/b13-12+. The van der Waals surface area contributed by atoms with Crippen LogP contribution in [0, 0.1) is 0 Å². The first kappa shape index (κ1) is 23.4. The Morgan fingerprint density at radius 3 is 2.16 bits per heavy atom. The van der Waals surface area contributed by atoms with Crippen molar-refractivity contribution in [2.45, 2.75) is 52.7 Å². The lowest BCUT2D eigenvalue weighted by Crippen LogP contribution is -2.28. The number of carbonyl (C=O) groups excluding carboxylic acids is 2. The number of aromatic nitrogens is 4. The van der Waals surface area contributed by atoms with Gasteiger partial charge in [-0.2, -0.15) is 0 Å². The molecule has 2 heterocycles. The van der Waals surface area contributed by atoms with Crippen LogP contribution in [0.25, 0.3) is 28.6 Å². The van der Waals surface area contributed by atoms with Gasteiger partial charge in [-0.15, -0.1) is 0 Å². The summed E-state index contributed by atoms with van der Waals surface area (Å²) in [5.74, 6) is -0.139. The van der Waals surface area contributed by atoms with E-state index in [1.54, 1.807) is 41.5 Å². The van der Waals surface area contributed by atoms with Crippen molar-refractivity contribution in [3.05, 3.63) is 47.4 Å². The summed E-state index contributed by atoms with van der Waals surface area (Å²) in [6.45, 7) is 10.5. The molecule has 0 atom stereocenters. The summed E-state index contributed by atoms with van der Waals surface area (Å²) in [4.78, 5) is 38.4. The summed E-state index contributed by atoms with van der Waals surface area (Å²) in [7, 11) is 0. The largest absolute Gasteiger partial charge is 0.457 e. The van der Waals surface area contributed by atoms with Gasteiger partial charge in [0, 0.05) is 11.6 Å². The summed E-state index contributed by atoms with van der Waals surface area (Å²) in [6.07, 6.45) is 1.84. The highest BCUT2D eigenvalue weighted by Crippen LogP contribution is 2.27. The lowest BCUT2D eigenvalue weighted by atomic mass is 10.2. The Bertz CT molecular complexity index is 1190. The number of fused-ring (bicyclic) bond motifs is 1. The number of benzene rings is 1. The smallest absolute Gasteiger partial charge is 0.422 e. The predicted molar refractivity (Wildman–Crippen MR) is 122 cm³/mol. The molecule has 0 radical (unpaired) electrons. The minimum absolute atomic E-state index is 0.0723. The van der Waals surface area contributed by atoms with Crippen LogP contribution in [0.3, 0.4) is 0 Å². The van der Waals surface area contributed by atoms with Crippen molar-refractivity contribution in [2.75, 3.05) is 0 Å². The van der Waals surface area contributed by atoms with Crippen molar-refractivity contribution < 1.29 is 19.1 Å². The summed E-state index contributed by atoms with van der Waals surface area (Å²) < 4.78 is 12.0. The molecule has 0 aliphatic carbocycles. The molecule has 0 aliphatic heterocycles. The fraction of sp³-hybridized carbons (Fsp3) is 0.348. The van der Waals surface area contributed by atoms with Gasteiger partial charge in [-0.1, -0.05) is 41.9 Å². The Hall–Kier alpha value is -3.26. The van der Waals surface area contributed by atoms with Gasteiger partial charge in [0.2, 0.25) is 0 Å². The summed E-state index contributed by atoms with van der Waals surface area (Å²) in [5.41, 5.74) is -0.326. The molecule has 8 nitrogen and oxygen atoms in total. The number of rotatable bonds is 3. The van der Waals surface area contributed by atoms with Gasteiger partial charge in [-0.05, 0) is 47.6 Å². The molecule has 0 saturated heterocycles. The van der Waals surface area contributed by atoms with Crippen LogP contribution in [0.4, 0.5) is 4.79 Å². The molecule has 0 spiro atoms. The van der Waals surface area contributed by atoms with Gasteiger partial charge in [0.1, 0.15) is 22.5 Å². The number of imidazole rings is 1. The second-order valence-electron chi connectivity index (χ2n) is 9.03. The number of hydrogen-bond acceptors (Lipinski definition) is 7. The normalized spacial score (nSPS) is 12.3. The molecule has 2 aromatic heterocycles. The SMILES string of the molecule is CC(C)(C)OC(=O)/C=C/c1nc2c(Cl)nc(-c3ccccc3)nc2n1C(=O)OC(C)(C)C. The van der Waals surface area contributed by atoms with E-state index >= 15 is 0 Å². The Morgan fingerprint density at radius 2 is 1.56 bits per heavy atom. The lowest BCUT2D eigenvalue weighted by Gasteiger charge is -2.20. The molecule has 1 aromatic carbocycles. The van der Waals surface area contributed by atoms with Crippen LogP contribution in [0.5, 0.6) is 0 Å². The van der Waals surface area contributed by atoms with E-state index in [-0.39, 0.29) is 22.1 Å². The van der Waals surface area contributed by atoms with E-state index < -0.39 is 23.3 Å². The Balaban J connectivity index is 2.15. The summed E-state index contributed by atoms with van der Waals surface area (Å²) in [5, 5.41) is 0.0723. The van der Waals surface area contributed by atoms with Gasteiger partial charge >= 0.3 is 12.1 Å². The Kier molecular flexibility index (Phi) is 6.37. The summed E-state index contributed by atoms with van der Waals surface area (Å²) in [6, 6.07) is 9.21. The van der Waals surface area contributed by atoms with Gasteiger partial charge < -0.3 is 9.47 Å². The highest BCUT2D eigenvalue weighted by atomic mass is 35.5. The van der Waals surface area contributed by atoms with Crippen LogP contribution in [0.1, 0.15) is 47.4 Å². The topological polar surface area (TPSA) is 96.2 Å². The van der Waals surface area contributed by atoms with Crippen molar-refractivity contribution in [1.82, 2.24) is 19.5 Å². The highest BCUT2D eigenvalue weighted by molar-refractivity contribution is 6.33. The molecule has 0 N–H and O–H groups in total. The number of carbonyl (C=O) groups is 2. The van der Waals surface area contributed by atoms with Crippen molar-refractivity contribution >= 4 is 40.9 Å². The van der Waals surface area contributed by atoms with Gasteiger partial charge in [0.05, 0.1) is 0 Å². The zero-order chi connectivity index (χ0) is 23.7. The fourth-order valence-corrected chi connectivity index (χ4v) is 2.94. The monoisotopic (exact) mass is 456 g/mol. The van der Waals surface area contributed by atoms with E-state index in [4.69, 9.17) is 21.1 Å². The van der Waals surface area contributed by atoms with E-state index in [1.165, 1.54) is 16.7 Å². The van der Waals surface area contributed by atoms with Crippen LogP contribution in [0.15, 0.2) is 36.4 Å². The molecule has 0 aliphatic rings. The van der Waals surface area contributed by atoms with E-state index in [0.717, 1.165) is 5.56 Å². The van der Waals surface area contributed by atoms with Crippen molar-refractivity contribution in [3.8, 4) is 11.4 Å². The molecule has 0 fully saturated rings. The quantitative estimate of drug-likeness (QED) is 0.300. The number of halogens is 1. The minimum Gasteiger partial charge on any atom is -0.457 e. The van der Waals surface area contributed by atoms with Gasteiger partial charge in [0.15, 0.2) is 16.6 Å². The van der Waals surface area contributed by atoms with Crippen LogP contribution in [0.2, 0.25) is 5.15 Å². The van der Waals surface area contributed by atoms with E-state index in [1.807, 2.05) is 30.3 Å². The van der Waals surface area contributed by atoms with Gasteiger partial charge in [-0.3, -0.25) is 0 Å². The maximum absolute atomic E-state index is 13.0.